The van der Waals surface area contributed by atoms with Crippen LogP contribution in [0.5, 0.6) is 0 Å². The second-order valence-corrected chi connectivity index (χ2v) is 12.6. The highest BCUT2D eigenvalue weighted by molar-refractivity contribution is 9.10. The van der Waals surface area contributed by atoms with Crippen LogP contribution in [0.4, 0.5) is 5.69 Å². The van der Waals surface area contributed by atoms with Gasteiger partial charge < -0.3 is 10.2 Å². The van der Waals surface area contributed by atoms with E-state index >= 15 is 0 Å². The summed E-state index contributed by atoms with van der Waals surface area (Å²) in [6, 6.07) is 23.6. The van der Waals surface area contributed by atoms with Crippen molar-refractivity contribution in [2.24, 2.45) is 0 Å². The van der Waals surface area contributed by atoms with Crippen LogP contribution in [0, 0.1) is 0 Å². The molecule has 0 saturated heterocycles. The Morgan fingerprint density at radius 1 is 0.923 bits per heavy atom. The molecular weight excluding hydrogens is 578 g/mol. The van der Waals surface area contributed by atoms with Crippen LogP contribution >= 0.6 is 15.9 Å². The largest absolute Gasteiger partial charge is 0.352 e. The van der Waals surface area contributed by atoms with Gasteiger partial charge in [0.15, 0.2) is 0 Å². The van der Waals surface area contributed by atoms with Gasteiger partial charge in [0.25, 0.3) is 10.0 Å². The summed E-state index contributed by atoms with van der Waals surface area (Å²) in [5.41, 5.74) is 1.20. The minimum absolute atomic E-state index is 0.0791. The number of carbonyl (C=O) groups is 2. The Balaban J connectivity index is 1.65. The third-order valence-electron chi connectivity index (χ3n) is 7.02. The molecule has 3 aromatic rings. The van der Waals surface area contributed by atoms with Gasteiger partial charge in [-0.05, 0) is 55.7 Å². The van der Waals surface area contributed by atoms with E-state index in [9.17, 15) is 18.0 Å². The average molecular weight is 613 g/mol. The first-order chi connectivity index (χ1) is 18.8. The lowest BCUT2D eigenvalue weighted by atomic mass is 9.95. The molecule has 0 heterocycles. The Morgan fingerprint density at radius 3 is 2.21 bits per heavy atom. The van der Waals surface area contributed by atoms with Crippen molar-refractivity contribution in [1.29, 1.82) is 0 Å². The second kappa shape index (κ2) is 13.3. The first-order valence-electron chi connectivity index (χ1n) is 13.2. The van der Waals surface area contributed by atoms with Crippen LogP contribution in [0.1, 0.15) is 44.6 Å². The maximum absolute atomic E-state index is 14.0. The summed E-state index contributed by atoms with van der Waals surface area (Å²) in [6.45, 7) is 1.42. The zero-order valence-electron chi connectivity index (χ0n) is 22.0. The van der Waals surface area contributed by atoms with Crippen molar-refractivity contribution in [3.05, 3.63) is 95.0 Å². The molecule has 1 fully saturated rings. The topological polar surface area (TPSA) is 86.8 Å². The van der Waals surface area contributed by atoms with Crippen LogP contribution in [-0.2, 0) is 26.2 Å². The fourth-order valence-corrected chi connectivity index (χ4v) is 6.63. The number of hydrogen-bond acceptors (Lipinski definition) is 4. The highest BCUT2D eigenvalue weighted by Crippen LogP contribution is 2.27. The standard InChI is InChI=1S/C30H34BrN3O4S/c1-23(30(36)32-26-15-7-3-8-16-26)33(21-24-12-5-2-6-13-24)29(35)22-34(27-17-11-14-25(31)20-27)39(37,38)28-18-9-4-10-19-28/h2,4-6,9-14,17-20,23,26H,3,7-8,15-16,21-22H2,1H3,(H,32,36). The van der Waals surface area contributed by atoms with Crippen LogP contribution in [-0.4, -0.2) is 43.8 Å². The molecule has 9 heteroatoms. The number of benzene rings is 3. The van der Waals surface area contributed by atoms with Crippen LogP contribution in [0.25, 0.3) is 0 Å². The summed E-state index contributed by atoms with van der Waals surface area (Å²) in [6.07, 6.45) is 5.17. The number of hydrogen-bond donors (Lipinski definition) is 1. The van der Waals surface area contributed by atoms with Crippen molar-refractivity contribution in [1.82, 2.24) is 10.2 Å². The summed E-state index contributed by atoms with van der Waals surface area (Å²) in [4.78, 5) is 28.8. The molecule has 1 unspecified atom stereocenters. The zero-order valence-corrected chi connectivity index (χ0v) is 24.4. The van der Waals surface area contributed by atoms with Crippen molar-refractivity contribution in [2.75, 3.05) is 10.8 Å². The number of rotatable bonds is 10. The normalized spacial score (nSPS) is 14.8. The summed E-state index contributed by atoms with van der Waals surface area (Å²) in [7, 11) is -4.08. The van der Waals surface area contributed by atoms with Gasteiger partial charge in [-0.2, -0.15) is 0 Å². The van der Waals surface area contributed by atoms with Crippen molar-refractivity contribution >= 4 is 43.5 Å². The minimum atomic E-state index is -4.08. The highest BCUT2D eigenvalue weighted by atomic mass is 79.9. The highest BCUT2D eigenvalue weighted by Gasteiger charge is 2.33. The van der Waals surface area contributed by atoms with Crippen LogP contribution in [0.15, 0.2) is 94.3 Å². The molecule has 0 aliphatic heterocycles. The molecule has 3 aromatic carbocycles. The fourth-order valence-electron chi connectivity index (χ4n) is 4.81. The third kappa shape index (κ3) is 7.48. The first-order valence-corrected chi connectivity index (χ1v) is 15.5. The number of amides is 2. The van der Waals surface area contributed by atoms with Crippen LogP contribution < -0.4 is 9.62 Å². The number of nitrogens with zero attached hydrogens (tertiary/aromatic N) is 2. The van der Waals surface area contributed by atoms with E-state index in [4.69, 9.17) is 0 Å². The Labute approximate surface area is 239 Å². The number of nitrogens with one attached hydrogen (secondary N) is 1. The lowest BCUT2D eigenvalue weighted by Gasteiger charge is -2.33. The number of halogens is 1. The van der Waals surface area contributed by atoms with E-state index in [1.165, 1.54) is 23.5 Å². The van der Waals surface area contributed by atoms with E-state index in [0.29, 0.717) is 10.2 Å². The molecular formula is C30H34BrN3O4S. The molecule has 1 atom stereocenters. The minimum Gasteiger partial charge on any atom is -0.352 e. The van der Waals surface area contributed by atoms with Gasteiger partial charge in [-0.1, -0.05) is 89.8 Å². The fraction of sp³-hybridized carbons (Fsp3) is 0.333. The van der Waals surface area contributed by atoms with E-state index in [2.05, 4.69) is 21.2 Å². The molecule has 1 N–H and O–H groups in total. The van der Waals surface area contributed by atoms with E-state index in [0.717, 1.165) is 35.6 Å². The summed E-state index contributed by atoms with van der Waals surface area (Å²) in [5.74, 6) is -0.698. The van der Waals surface area contributed by atoms with Crippen molar-refractivity contribution < 1.29 is 18.0 Å². The van der Waals surface area contributed by atoms with Gasteiger partial charge in [0.1, 0.15) is 12.6 Å². The average Bonchev–Trinajstić information content (AvgIpc) is 2.95. The quantitative estimate of drug-likeness (QED) is 0.327. The van der Waals surface area contributed by atoms with Gasteiger partial charge in [-0.15, -0.1) is 0 Å². The Morgan fingerprint density at radius 2 is 1.56 bits per heavy atom. The maximum atomic E-state index is 14.0. The third-order valence-corrected chi connectivity index (χ3v) is 9.30. The molecule has 0 aromatic heterocycles. The number of sulfonamides is 1. The predicted octanol–water partition coefficient (Wildman–Crippen LogP) is 5.51. The van der Waals surface area contributed by atoms with Gasteiger partial charge in [0, 0.05) is 17.1 Å². The number of carbonyl (C=O) groups excluding carboxylic acids is 2. The molecule has 0 spiro atoms. The van der Waals surface area contributed by atoms with Gasteiger partial charge in [0.2, 0.25) is 11.8 Å². The van der Waals surface area contributed by atoms with E-state index < -0.39 is 28.5 Å². The van der Waals surface area contributed by atoms with Crippen molar-refractivity contribution in [2.45, 2.75) is 62.6 Å². The monoisotopic (exact) mass is 611 g/mol. The predicted molar refractivity (Wildman–Crippen MR) is 157 cm³/mol. The van der Waals surface area contributed by atoms with Crippen LogP contribution in [0.3, 0.4) is 0 Å². The molecule has 0 radical (unpaired) electrons. The van der Waals surface area contributed by atoms with E-state index in [-0.39, 0.29) is 23.4 Å². The molecule has 4 rings (SSSR count). The Kier molecular flexibility index (Phi) is 9.80. The molecule has 206 valence electrons. The van der Waals surface area contributed by atoms with Crippen molar-refractivity contribution in [3.8, 4) is 0 Å². The summed E-state index contributed by atoms with van der Waals surface area (Å²) >= 11 is 3.41. The lowest BCUT2D eigenvalue weighted by molar-refractivity contribution is -0.139. The maximum Gasteiger partial charge on any atom is 0.264 e. The zero-order chi connectivity index (χ0) is 27.8. The van der Waals surface area contributed by atoms with Crippen LogP contribution in [0.2, 0.25) is 0 Å². The SMILES string of the molecule is CC(C(=O)NC1CCCCC1)N(Cc1ccccc1)C(=O)CN(c1cccc(Br)c1)S(=O)(=O)c1ccccc1. The molecule has 7 nitrogen and oxygen atoms in total. The molecule has 1 aliphatic carbocycles. The Hall–Kier alpha value is -3.17. The summed E-state index contributed by atoms with van der Waals surface area (Å²) in [5, 5.41) is 3.12. The van der Waals surface area contributed by atoms with Gasteiger partial charge >= 0.3 is 0 Å². The van der Waals surface area contributed by atoms with Gasteiger partial charge in [-0.3, -0.25) is 13.9 Å². The smallest absolute Gasteiger partial charge is 0.264 e. The Bertz CT molecular complexity index is 1360. The molecule has 2 amide bonds. The van der Waals surface area contributed by atoms with Gasteiger partial charge in [0.05, 0.1) is 10.6 Å². The van der Waals surface area contributed by atoms with Crippen molar-refractivity contribution in [3.63, 3.8) is 0 Å². The van der Waals surface area contributed by atoms with E-state index in [1.807, 2.05) is 30.3 Å². The molecule has 0 bridgehead atoms. The van der Waals surface area contributed by atoms with Gasteiger partial charge in [-0.25, -0.2) is 8.42 Å². The molecule has 1 saturated carbocycles. The summed E-state index contributed by atoms with van der Waals surface area (Å²) < 4.78 is 29.4. The first kappa shape index (κ1) is 28.8. The molecule has 1 aliphatic rings. The lowest BCUT2D eigenvalue weighted by Crippen LogP contribution is -2.53. The second-order valence-electron chi connectivity index (χ2n) is 9.83. The molecule has 39 heavy (non-hydrogen) atoms. The van der Waals surface area contributed by atoms with E-state index in [1.54, 1.807) is 49.4 Å². The number of anilines is 1.